The molecule has 7 heteroatoms. The lowest BCUT2D eigenvalue weighted by atomic mass is 9.99. The van der Waals surface area contributed by atoms with Gasteiger partial charge in [0.05, 0.1) is 0 Å². The zero-order chi connectivity index (χ0) is 13.2. The minimum atomic E-state index is 0.280. The normalized spacial score (nSPS) is 42.6. The van der Waals surface area contributed by atoms with E-state index in [1.807, 2.05) is 5.48 Å². The largest absolute Gasteiger partial charge is 0.325 e. The molecule has 110 valence electrons. The number of quaternary nitrogens is 1. The summed E-state index contributed by atoms with van der Waals surface area (Å²) in [5, 5.41) is 3.37. The molecule has 0 bridgehead atoms. The number of hydrogen-bond acceptors (Lipinski definition) is 6. The molecule has 0 radical (unpaired) electrons. The summed E-state index contributed by atoms with van der Waals surface area (Å²) in [5.74, 6) is 0. The summed E-state index contributed by atoms with van der Waals surface area (Å²) in [5.41, 5.74) is 11.2. The molecule has 0 spiro atoms. The van der Waals surface area contributed by atoms with Crippen LogP contribution in [0.2, 0.25) is 0 Å². The van der Waals surface area contributed by atoms with Crippen LogP contribution >= 0.6 is 0 Å². The van der Waals surface area contributed by atoms with Crippen molar-refractivity contribution >= 4 is 0 Å². The van der Waals surface area contributed by atoms with Crippen LogP contribution in [0.1, 0.15) is 13.3 Å². The fourth-order valence-electron chi connectivity index (χ4n) is 3.50. The van der Waals surface area contributed by atoms with E-state index in [0.717, 1.165) is 39.3 Å². The number of rotatable bonds is 2. The second-order valence-corrected chi connectivity index (χ2v) is 5.95. The topological polar surface area (TPSA) is 82.4 Å². The summed E-state index contributed by atoms with van der Waals surface area (Å²) in [6.07, 6.45) is 1.58. The Balaban J connectivity index is 1.51. The number of nitrogens with zero attached hydrogens (tertiary/aromatic N) is 2. The molecule has 4 unspecified atom stereocenters. The molecule has 3 fully saturated rings. The Morgan fingerprint density at radius 3 is 2.58 bits per heavy atom. The second kappa shape index (κ2) is 6.01. The van der Waals surface area contributed by atoms with Gasteiger partial charge in [-0.2, -0.15) is 5.48 Å². The van der Waals surface area contributed by atoms with E-state index in [-0.39, 0.29) is 6.04 Å². The second-order valence-electron chi connectivity index (χ2n) is 5.95. The summed E-state index contributed by atoms with van der Waals surface area (Å²) in [7, 11) is 0. The van der Waals surface area contributed by atoms with Gasteiger partial charge >= 0.3 is 0 Å². The molecule has 3 rings (SSSR count). The lowest BCUT2D eigenvalue weighted by Gasteiger charge is -2.43. The number of piperazine rings is 1. The first-order valence-electron chi connectivity index (χ1n) is 7.44. The van der Waals surface area contributed by atoms with Gasteiger partial charge in [0.1, 0.15) is 6.04 Å². The SMILES string of the molecule is CC1NO[NH2+]C1N1CCN(C2CCNCC2N)CC1. The Labute approximate surface area is 114 Å². The van der Waals surface area contributed by atoms with E-state index >= 15 is 0 Å². The third-order valence-corrected chi connectivity index (χ3v) is 4.70. The van der Waals surface area contributed by atoms with Crippen molar-refractivity contribution in [2.45, 2.75) is 37.6 Å². The van der Waals surface area contributed by atoms with Crippen molar-refractivity contribution < 1.29 is 10.4 Å². The molecule has 7 nitrogen and oxygen atoms in total. The van der Waals surface area contributed by atoms with Crippen LogP contribution in [0.5, 0.6) is 0 Å². The van der Waals surface area contributed by atoms with E-state index < -0.39 is 0 Å². The molecule has 0 aromatic rings. The number of hydroxylamine groups is 2. The predicted molar refractivity (Wildman–Crippen MR) is 71.8 cm³/mol. The minimum Gasteiger partial charge on any atom is -0.325 e. The molecule has 3 saturated heterocycles. The smallest absolute Gasteiger partial charge is 0.191 e. The van der Waals surface area contributed by atoms with Crippen LogP contribution in [0, 0.1) is 0 Å². The average molecular weight is 271 g/mol. The highest BCUT2D eigenvalue weighted by molar-refractivity contribution is 4.90. The molecule has 4 atom stereocenters. The third kappa shape index (κ3) is 2.92. The lowest BCUT2D eigenvalue weighted by Crippen LogP contribution is -2.91. The van der Waals surface area contributed by atoms with Crippen LogP contribution < -0.4 is 22.0 Å². The van der Waals surface area contributed by atoms with Crippen molar-refractivity contribution in [3.63, 3.8) is 0 Å². The first-order valence-corrected chi connectivity index (χ1v) is 7.44. The van der Waals surface area contributed by atoms with Crippen LogP contribution in [0.15, 0.2) is 0 Å². The molecular weight excluding hydrogens is 244 g/mol. The van der Waals surface area contributed by atoms with Crippen molar-refractivity contribution in [1.29, 1.82) is 0 Å². The zero-order valence-electron chi connectivity index (χ0n) is 11.7. The molecule has 3 heterocycles. The predicted octanol–water partition coefficient (Wildman–Crippen LogP) is -2.98. The maximum Gasteiger partial charge on any atom is 0.191 e. The Bertz CT molecular complexity index is 296. The van der Waals surface area contributed by atoms with Crippen molar-refractivity contribution in [2.24, 2.45) is 5.73 Å². The molecule has 0 aliphatic carbocycles. The van der Waals surface area contributed by atoms with Crippen molar-refractivity contribution in [1.82, 2.24) is 20.6 Å². The van der Waals surface area contributed by atoms with Gasteiger partial charge in [0, 0.05) is 44.8 Å². The first-order chi connectivity index (χ1) is 9.25. The summed E-state index contributed by atoms with van der Waals surface area (Å²) >= 11 is 0. The molecule has 3 aliphatic heterocycles. The highest BCUT2D eigenvalue weighted by Gasteiger charge is 2.37. The molecule has 19 heavy (non-hydrogen) atoms. The van der Waals surface area contributed by atoms with E-state index in [1.165, 1.54) is 6.42 Å². The molecule has 0 aromatic heterocycles. The molecular formula is C12H27N6O+. The number of nitrogens with two attached hydrogens (primary N) is 2. The third-order valence-electron chi connectivity index (χ3n) is 4.70. The summed E-state index contributed by atoms with van der Waals surface area (Å²) in [6, 6.07) is 1.22. The van der Waals surface area contributed by atoms with Gasteiger partial charge in [0.25, 0.3) is 0 Å². The van der Waals surface area contributed by atoms with Gasteiger partial charge in [-0.05, 0) is 19.9 Å². The Hall–Kier alpha value is -0.280. The van der Waals surface area contributed by atoms with E-state index in [2.05, 4.69) is 27.5 Å². The van der Waals surface area contributed by atoms with Crippen LogP contribution in [-0.4, -0.2) is 73.4 Å². The van der Waals surface area contributed by atoms with Gasteiger partial charge in [0.2, 0.25) is 0 Å². The van der Waals surface area contributed by atoms with Crippen molar-refractivity contribution in [3.05, 3.63) is 0 Å². The van der Waals surface area contributed by atoms with Gasteiger partial charge in [-0.1, -0.05) is 0 Å². The molecule has 6 N–H and O–H groups in total. The van der Waals surface area contributed by atoms with Crippen LogP contribution in [0.4, 0.5) is 0 Å². The standard InChI is InChI=1S/C12H26N6O/c1-9-12(16-19-15-9)18-6-4-17(5-7-18)11-2-3-14-8-10(11)13/h9-12,14-16H,2-8,13H2,1H3/p+1. The Morgan fingerprint density at radius 1 is 1.21 bits per heavy atom. The quantitative estimate of drug-likeness (QED) is 0.429. The van der Waals surface area contributed by atoms with Crippen molar-refractivity contribution in [3.8, 4) is 0 Å². The van der Waals surface area contributed by atoms with E-state index in [4.69, 9.17) is 10.7 Å². The maximum absolute atomic E-state index is 6.23. The molecule has 0 saturated carbocycles. The molecule has 3 aliphatic rings. The van der Waals surface area contributed by atoms with Gasteiger partial charge in [-0.15, -0.1) is 10.4 Å². The molecule has 0 aromatic carbocycles. The summed E-state index contributed by atoms with van der Waals surface area (Å²) < 4.78 is 0. The monoisotopic (exact) mass is 271 g/mol. The average Bonchev–Trinajstić information content (AvgIpc) is 2.86. The van der Waals surface area contributed by atoms with Gasteiger partial charge < -0.3 is 11.1 Å². The van der Waals surface area contributed by atoms with Gasteiger partial charge in [-0.25, -0.2) is 4.90 Å². The highest BCUT2D eigenvalue weighted by Crippen LogP contribution is 2.15. The van der Waals surface area contributed by atoms with E-state index in [0.29, 0.717) is 18.2 Å². The zero-order valence-corrected chi connectivity index (χ0v) is 11.7. The van der Waals surface area contributed by atoms with Crippen molar-refractivity contribution in [2.75, 3.05) is 39.3 Å². The number of hydrogen-bond donors (Lipinski definition) is 4. The van der Waals surface area contributed by atoms with Crippen LogP contribution in [0.3, 0.4) is 0 Å². The fraction of sp³-hybridized carbons (Fsp3) is 1.00. The Morgan fingerprint density at radius 2 is 1.95 bits per heavy atom. The van der Waals surface area contributed by atoms with Gasteiger partial charge in [0.15, 0.2) is 6.17 Å². The number of nitrogens with one attached hydrogen (secondary N) is 2. The number of piperidine rings is 1. The van der Waals surface area contributed by atoms with Crippen LogP contribution in [-0.2, 0) is 4.94 Å². The lowest BCUT2D eigenvalue weighted by molar-refractivity contribution is -0.915. The van der Waals surface area contributed by atoms with Gasteiger partial charge in [-0.3, -0.25) is 4.90 Å². The first kappa shape index (κ1) is 13.7. The Kier molecular flexibility index (Phi) is 4.33. The van der Waals surface area contributed by atoms with Crippen LogP contribution in [0.25, 0.3) is 0 Å². The minimum absolute atomic E-state index is 0.280. The maximum atomic E-state index is 6.23. The molecule has 0 amide bonds. The summed E-state index contributed by atoms with van der Waals surface area (Å²) in [6.45, 7) is 8.67. The van der Waals surface area contributed by atoms with E-state index in [1.54, 1.807) is 0 Å². The summed E-state index contributed by atoms with van der Waals surface area (Å²) in [4.78, 5) is 10.3. The van der Waals surface area contributed by atoms with E-state index in [9.17, 15) is 0 Å². The fourth-order valence-corrected chi connectivity index (χ4v) is 3.50. The highest BCUT2D eigenvalue weighted by atomic mass is 16.8.